The van der Waals surface area contributed by atoms with Gasteiger partial charge in [0.25, 0.3) is 5.91 Å². The fraction of sp³-hybridized carbons (Fsp3) is 0.333. The topological polar surface area (TPSA) is 75.4 Å². The number of nitrogen functional groups attached to an aromatic ring is 1. The number of likely N-dealkylation sites (N-methyl/N-ethyl adjacent to an activating group) is 1. The van der Waals surface area contributed by atoms with Crippen LogP contribution in [0.15, 0.2) is 18.2 Å². The van der Waals surface area contributed by atoms with Crippen molar-refractivity contribution in [1.29, 1.82) is 0 Å². The molecule has 0 bridgehead atoms. The first-order valence-electron chi connectivity index (χ1n) is 5.73. The number of anilines is 1. The van der Waals surface area contributed by atoms with E-state index in [2.05, 4.69) is 0 Å². The van der Waals surface area contributed by atoms with Gasteiger partial charge in [-0.2, -0.15) is 13.2 Å². The van der Waals surface area contributed by atoms with Crippen molar-refractivity contribution in [2.75, 3.05) is 25.9 Å². The zero-order valence-electron chi connectivity index (χ0n) is 11.0. The van der Waals surface area contributed by atoms with E-state index in [9.17, 15) is 22.8 Å². The molecule has 0 aliphatic carbocycles. The molecular formula is C12H13ClF3N3O2. The maximum absolute atomic E-state index is 12.0. The Kier molecular flexibility index (Phi) is 5.42. The van der Waals surface area contributed by atoms with Crippen molar-refractivity contribution in [2.24, 2.45) is 0 Å². The maximum Gasteiger partial charge on any atom is 0.405 e. The van der Waals surface area contributed by atoms with Crippen LogP contribution in [-0.2, 0) is 4.79 Å². The van der Waals surface area contributed by atoms with Gasteiger partial charge >= 0.3 is 6.18 Å². The van der Waals surface area contributed by atoms with Crippen molar-refractivity contribution in [3.63, 3.8) is 0 Å². The molecule has 0 heterocycles. The number of carbonyl (C=O) groups excluding carboxylic acids is 2. The third kappa shape index (κ3) is 5.90. The summed E-state index contributed by atoms with van der Waals surface area (Å²) in [5.41, 5.74) is 5.94. The quantitative estimate of drug-likeness (QED) is 0.828. The molecule has 5 nitrogen and oxygen atoms in total. The lowest BCUT2D eigenvalue weighted by molar-refractivity contribution is -0.138. The Morgan fingerprint density at radius 3 is 2.48 bits per heavy atom. The second kappa shape index (κ2) is 6.66. The molecule has 3 N–H and O–H groups in total. The Morgan fingerprint density at radius 1 is 1.33 bits per heavy atom. The number of benzene rings is 1. The highest BCUT2D eigenvalue weighted by Crippen LogP contribution is 2.17. The smallest absolute Gasteiger partial charge is 0.399 e. The van der Waals surface area contributed by atoms with Gasteiger partial charge in [0, 0.05) is 23.3 Å². The number of alkyl halides is 3. The molecule has 0 atom stereocenters. The van der Waals surface area contributed by atoms with E-state index in [1.165, 1.54) is 25.2 Å². The highest BCUT2D eigenvalue weighted by Gasteiger charge is 2.28. The largest absolute Gasteiger partial charge is 0.405 e. The molecule has 0 aromatic heterocycles. The van der Waals surface area contributed by atoms with E-state index < -0.39 is 31.1 Å². The number of rotatable bonds is 4. The standard InChI is InChI=1S/C12H13ClF3N3O2/c1-19(5-10(20)18-6-12(14,15)16)11(21)7-2-8(13)4-9(17)3-7/h2-4H,5-6,17H2,1H3,(H,18,20). The molecule has 9 heteroatoms. The molecule has 0 aliphatic rings. The summed E-state index contributed by atoms with van der Waals surface area (Å²) in [5.74, 6) is -1.50. The van der Waals surface area contributed by atoms with Crippen LogP contribution in [0.3, 0.4) is 0 Å². The number of nitrogens with one attached hydrogen (secondary N) is 1. The van der Waals surface area contributed by atoms with E-state index in [1.54, 1.807) is 5.32 Å². The maximum atomic E-state index is 12.0. The van der Waals surface area contributed by atoms with Gasteiger partial charge in [-0.1, -0.05) is 11.6 Å². The van der Waals surface area contributed by atoms with E-state index >= 15 is 0 Å². The first kappa shape index (κ1) is 17.1. The highest BCUT2D eigenvalue weighted by molar-refractivity contribution is 6.31. The molecular weight excluding hydrogens is 311 g/mol. The third-order valence-corrected chi connectivity index (χ3v) is 2.60. The van der Waals surface area contributed by atoms with Crippen LogP contribution in [0, 0.1) is 0 Å². The van der Waals surface area contributed by atoms with Gasteiger partial charge in [0.15, 0.2) is 0 Å². The van der Waals surface area contributed by atoms with Crippen LogP contribution in [0.25, 0.3) is 0 Å². The lowest BCUT2D eigenvalue weighted by Gasteiger charge is -2.17. The number of nitrogens with zero attached hydrogens (tertiary/aromatic N) is 1. The van der Waals surface area contributed by atoms with Crippen molar-refractivity contribution in [2.45, 2.75) is 6.18 Å². The van der Waals surface area contributed by atoms with Gasteiger partial charge in [-0.25, -0.2) is 0 Å². The summed E-state index contributed by atoms with van der Waals surface area (Å²) < 4.78 is 35.8. The van der Waals surface area contributed by atoms with Gasteiger partial charge in [-0.3, -0.25) is 9.59 Å². The average molecular weight is 324 g/mol. The van der Waals surface area contributed by atoms with Gasteiger partial charge in [-0.05, 0) is 18.2 Å². The minimum Gasteiger partial charge on any atom is -0.399 e. The summed E-state index contributed by atoms with van der Waals surface area (Å²) in [5, 5.41) is 1.92. The van der Waals surface area contributed by atoms with Crippen molar-refractivity contribution in [1.82, 2.24) is 10.2 Å². The molecule has 0 fully saturated rings. The second-order valence-corrected chi connectivity index (χ2v) is 4.76. The molecule has 0 aliphatic heterocycles. The summed E-state index contributed by atoms with van der Waals surface area (Å²) in [6, 6.07) is 4.15. The highest BCUT2D eigenvalue weighted by atomic mass is 35.5. The summed E-state index contributed by atoms with van der Waals surface area (Å²) in [6.45, 7) is -1.96. The zero-order chi connectivity index (χ0) is 16.2. The third-order valence-electron chi connectivity index (χ3n) is 2.38. The first-order valence-corrected chi connectivity index (χ1v) is 6.11. The number of halogens is 4. The van der Waals surface area contributed by atoms with Gasteiger partial charge in [0.05, 0.1) is 6.54 Å². The summed E-state index contributed by atoms with van der Waals surface area (Å²) in [6.07, 6.45) is -4.50. The van der Waals surface area contributed by atoms with Crippen LogP contribution >= 0.6 is 11.6 Å². The molecule has 0 spiro atoms. The van der Waals surface area contributed by atoms with E-state index in [0.717, 1.165) is 4.90 Å². The molecule has 0 saturated heterocycles. The molecule has 2 amide bonds. The van der Waals surface area contributed by atoms with Crippen LogP contribution in [0.2, 0.25) is 5.02 Å². The summed E-state index contributed by atoms with van der Waals surface area (Å²) in [4.78, 5) is 24.3. The van der Waals surface area contributed by atoms with Crippen molar-refractivity contribution in [3.8, 4) is 0 Å². The SMILES string of the molecule is CN(CC(=O)NCC(F)(F)F)C(=O)c1cc(N)cc(Cl)c1. The van der Waals surface area contributed by atoms with Crippen molar-refractivity contribution < 1.29 is 22.8 Å². The number of hydrogen-bond acceptors (Lipinski definition) is 3. The number of amides is 2. The minimum atomic E-state index is -4.50. The minimum absolute atomic E-state index is 0.145. The van der Waals surface area contributed by atoms with Crippen LogP contribution in [0.4, 0.5) is 18.9 Å². The monoisotopic (exact) mass is 323 g/mol. The van der Waals surface area contributed by atoms with Crippen molar-refractivity contribution in [3.05, 3.63) is 28.8 Å². The summed E-state index contributed by atoms with van der Waals surface area (Å²) in [7, 11) is 1.28. The van der Waals surface area contributed by atoms with E-state index in [-0.39, 0.29) is 16.3 Å². The van der Waals surface area contributed by atoms with E-state index in [0.29, 0.717) is 0 Å². The molecule has 116 valence electrons. The predicted octanol–water partition coefficient (Wildman–Crippen LogP) is 1.67. The van der Waals surface area contributed by atoms with Crippen molar-refractivity contribution >= 4 is 29.1 Å². The number of hydrogen-bond donors (Lipinski definition) is 2. The van der Waals surface area contributed by atoms with Crippen LogP contribution in [-0.4, -0.2) is 43.0 Å². The second-order valence-electron chi connectivity index (χ2n) is 4.33. The molecule has 0 unspecified atom stereocenters. The Hall–Kier alpha value is -1.96. The average Bonchev–Trinajstić information content (AvgIpc) is 2.33. The fourth-order valence-corrected chi connectivity index (χ4v) is 1.74. The Morgan fingerprint density at radius 2 is 1.95 bits per heavy atom. The molecule has 1 rings (SSSR count). The number of nitrogens with two attached hydrogens (primary N) is 1. The molecule has 21 heavy (non-hydrogen) atoms. The Balaban J connectivity index is 2.64. The Labute approximate surface area is 123 Å². The molecule has 0 saturated carbocycles. The van der Waals surface area contributed by atoms with Crippen LogP contribution in [0.5, 0.6) is 0 Å². The predicted molar refractivity (Wildman–Crippen MR) is 71.9 cm³/mol. The molecule has 0 radical (unpaired) electrons. The molecule has 1 aromatic rings. The van der Waals surface area contributed by atoms with E-state index in [1.807, 2.05) is 0 Å². The lowest BCUT2D eigenvalue weighted by atomic mass is 10.2. The van der Waals surface area contributed by atoms with Gasteiger partial charge in [0.2, 0.25) is 5.91 Å². The number of carbonyl (C=O) groups is 2. The van der Waals surface area contributed by atoms with Gasteiger partial charge in [0.1, 0.15) is 6.54 Å². The first-order chi connectivity index (χ1) is 9.58. The summed E-state index contributed by atoms with van der Waals surface area (Å²) >= 11 is 5.75. The zero-order valence-corrected chi connectivity index (χ0v) is 11.8. The van der Waals surface area contributed by atoms with E-state index in [4.69, 9.17) is 17.3 Å². The normalized spacial score (nSPS) is 11.1. The molecule has 1 aromatic carbocycles. The van der Waals surface area contributed by atoms with Gasteiger partial charge < -0.3 is 16.0 Å². The lowest BCUT2D eigenvalue weighted by Crippen LogP contribution is -2.41. The fourth-order valence-electron chi connectivity index (χ4n) is 1.50. The van der Waals surface area contributed by atoms with Gasteiger partial charge in [-0.15, -0.1) is 0 Å². The Bertz CT molecular complexity index is 529. The van der Waals surface area contributed by atoms with Crippen LogP contribution in [0.1, 0.15) is 10.4 Å². The van der Waals surface area contributed by atoms with Crippen LogP contribution < -0.4 is 11.1 Å².